The molecule has 21 heavy (non-hydrogen) atoms. The minimum Gasteiger partial charge on any atom is -0.446 e. The van der Waals surface area contributed by atoms with E-state index in [0.717, 1.165) is 0 Å². The predicted molar refractivity (Wildman–Crippen MR) is 81.1 cm³/mol. The number of carbonyl (C=O) groups excluding carboxylic acids is 2. The van der Waals surface area contributed by atoms with Crippen molar-refractivity contribution < 1.29 is 14.3 Å². The fraction of sp³-hybridized carbons (Fsp3) is 0.462. The molecule has 1 rings (SSSR count). The number of pyridine rings is 1. The van der Waals surface area contributed by atoms with E-state index in [1.165, 1.54) is 13.0 Å². The lowest BCUT2D eigenvalue weighted by molar-refractivity contribution is -0.155. The molecule has 0 aliphatic rings. The number of carbonyl (C=O) groups is 2. The van der Waals surface area contributed by atoms with E-state index in [1.54, 1.807) is 20.8 Å². The number of esters is 1. The smallest absolute Gasteiger partial charge is 0.303 e. The number of halogens is 2. The number of aromatic nitrogens is 1. The number of hydrogen-bond donors (Lipinski definition) is 2. The van der Waals surface area contributed by atoms with Crippen LogP contribution in [0.1, 0.15) is 39.5 Å². The van der Waals surface area contributed by atoms with Gasteiger partial charge >= 0.3 is 5.97 Å². The van der Waals surface area contributed by atoms with Gasteiger partial charge in [0.15, 0.2) is 5.15 Å². The van der Waals surface area contributed by atoms with Crippen molar-refractivity contribution in [3.8, 4) is 0 Å². The molecule has 1 aromatic rings. The minimum atomic E-state index is -1.25. The van der Waals surface area contributed by atoms with Gasteiger partial charge in [-0.2, -0.15) is 0 Å². The molecule has 6 nitrogen and oxygen atoms in total. The zero-order chi connectivity index (χ0) is 16.4. The van der Waals surface area contributed by atoms with Crippen molar-refractivity contribution in [3.63, 3.8) is 0 Å². The molecule has 1 atom stereocenters. The van der Waals surface area contributed by atoms with Crippen LogP contribution in [0.5, 0.6) is 0 Å². The number of ether oxygens (including phenoxy) is 1. The van der Waals surface area contributed by atoms with Crippen LogP contribution >= 0.6 is 23.2 Å². The molecule has 1 unspecified atom stereocenters. The number of nitrogens with zero attached hydrogens (tertiary/aromatic N) is 1. The molecule has 0 radical (unpaired) electrons. The van der Waals surface area contributed by atoms with Crippen molar-refractivity contribution in [3.05, 3.63) is 21.9 Å². The summed E-state index contributed by atoms with van der Waals surface area (Å²) < 4.78 is 5.02. The summed E-state index contributed by atoms with van der Waals surface area (Å²) in [4.78, 5) is 27.4. The maximum absolute atomic E-state index is 12.3. The van der Waals surface area contributed by atoms with Crippen LogP contribution in [0.25, 0.3) is 0 Å². The van der Waals surface area contributed by atoms with E-state index in [2.05, 4.69) is 10.3 Å². The molecular formula is C13H17Cl2N3O3. The maximum atomic E-state index is 12.3. The van der Waals surface area contributed by atoms with E-state index in [-0.39, 0.29) is 21.6 Å². The van der Waals surface area contributed by atoms with Crippen LogP contribution in [-0.2, 0) is 14.3 Å². The Balaban J connectivity index is 3.19. The van der Waals surface area contributed by atoms with Crippen LogP contribution in [0, 0.1) is 0 Å². The lowest BCUT2D eigenvalue weighted by Gasteiger charge is -2.24. The van der Waals surface area contributed by atoms with E-state index in [0.29, 0.717) is 0 Å². The van der Waals surface area contributed by atoms with Crippen LogP contribution in [0.2, 0.25) is 10.2 Å². The molecule has 0 spiro atoms. The van der Waals surface area contributed by atoms with Gasteiger partial charge in [-0.05, 0) is 26.8 Å². The average molecular weight is 334 g/mol. The van der Waals surface area contributed by atoms with E-state index >= 15 is 0 Å². The fourth-order valence-electron chi connectivity index (χ4n) is 1.50. The summed E-state index contributed by atoms with van der Waals surface area (Å²) in [5, 5.41) is 2.78. The van der Waals surface area contributed by atoms with Gasteiger partial charge in [-0.25, -0.2) is 4.98 Å². The Bertz CT molecular complexity index is 547. The Hall–Kier alpha value is -1.53. The van der Waals surface area contributed by atoms with Gasteiger partial charge in [0.1, 0.15) is 0 Å². The molecule has 0 saturated carbocycles. The van der Waals surface area contributed by atoms with E-state index < -0.39 is 23.5 Å². The van der Waals surface area contributed by atoms with Crippen molar-refractivity contribution in [2.75, 3.05) is 5.73 Å². The lowest BCUT2D eigenvalue weighted by Crippen LogP contribution is -2.44. The highest BCUT2D eigenvalue weighted by molar-refractivity contribution is 6.38. The molecule has 0 saturated heterocycles. The van der Waals surface area contributed by atoms with Crippen LogP contribution in [0.15, 0.2) is 6.07 Å². The zero-order valence-electron chi connectivity index (χ0n) is 12.2. The molecule has 8 heteroatoms. The molecule has 1 aromatic heterocycles. The fourth-order valence-corrected chi connectivity index (χ4v) is 1.94. The summed E-state index contributed by atoms with van der Waals surface area (Å²) in [5.74, 6) is -1.16. The number of rotatable bonds is 3. The van der Waals surface area contributed by atoms with Gasteiger partial charge in [0.2, 0.25) is 6.10 Å². The number of amides is 1. The predicted octanol–water partition coefficient (Wildman–Crippen LogP) is 2.49. The molecule has 0 aliphatic carbocycles. The minimum absolute atomic E-state index is 0.0572. The number of anilines is 1. The van der Waals surface area contributed by atoms with E-state index in [4.69, 9.17) is 33.7 Å². The van der Waals surface area contributed by atoms with Gasteiger partial charge in [0, 0.05) is 12.5 Å². The Kier molecular flexibility index (Phi) is 5.42. The van der Waals surface area contributed by atoms with Gasteiger partial charge in [-0.1, -0.05) is 23.2 Å². The third-order valence-electron chi connectivity index (χ3n) is 2.27. The largest absolute Gasteiger partial charge is 0.446 e. The summed E-state index contributed by atoms with van der Waals surface area (Å²) >= 11 is 11.8. The number of nitrogens with two attached hydrogens (primary N) is 1. The van der Waals surface area contributed by atoms with Crippen molar-refractivity contribution in [2.45, 2.75) is 39.3 Å². The van der Waals surface area contributed by atoms with Crippen molar-refractivity contribution in [2.24, 2.45) is 0 Å². The third-order valence-corrected chi connectivity index (χ3v) is 2.87. The first-order chi connectivity index (χ1) is 9.51. The van der Waals surface area contributed by atoms with Gasteiger partial charge in [-0.3, -0.25) is 9.59 Å². The molecule has 1 amide bonds. The van der Waals surface area contributed by atoms with E-state index in [1.807, 2.05) is 0 Å². The first-order valence-corrected chi connectivity index (χ1v) is 6.87. The van der Waals surface area contributed by atoms with Crippen molar-refractivity contribution >= 4 is 40.8 Å². The van der Waals surface area contributed by atoms with Crippen LogP contribution < -0.4 is 11.1 Å². The second-order valence-electron chi connectivity index (χ2n) is 5.46. The SMILES string of the molecule is CC(=O)OC(C(=O)NC(C)(C)C)c1cc(Cl)c(N)c(Cl)n1. The molecule has 0 aromatic carbocycles. The summed E-state index contributed by atoms with van der Waals surface area (Å²) in [7, 11) is 0. The topological polar surface area (TPSA) is 94.3 Å². The highest BCUT2D eigenvalue weighted by Gasteiger charge is 2.29. The quantitative estimate of drug-likeness (QED) is 0.654. The van der Waals surface area contributed by atoms with Crippen LogP contribution in [0.3, 0.4) is 0 Å². The molecule has 1 heterocycles. The Labute approximate surface area is 133 Å². The summed E-state index contributed by atoms with van der Waals surface area (Å²) in [6.07, 6.45) is -1.25. The highest BCUT2D eigenvalue weighted by Crippen LogP contribution is 2.29. The monoisotopic (exact) mass is 333 g/mol. The van der Waals surface area contributed by atoms with Gasteiger partial charge in [0.25, 0.3) is 5.91 Å². The molecule has 0 fully saturated rings. The Morgan fingerprint density at radius 3 is 2.38 bits per heavy atom. The summed E-state index contributed by atoms with van der Waals surface area (Å²) in [6.45, 7) is 6.59. The maximum Gasteiger partial charge on any atom is 0.303 e. The first kappa shape index (κ1) is 17.5. The Morgan fingerprint density at radius 2 is 1.95 bits per heavy atom. The second kappa shape index (κ2) is 6.49. The van der Waals surface area contributed by atoms with Crippen LogP contribution in [0.4, 0.5) is 5.69 Å². The third kappa shape index (κ3) is 5.06. The first-order valence-electron chi connectivity index (χ1n) is 6.12. The van der Waals surface area contributed by atoms with Crippen molar-refractivity contribution in [1.29, 1.82) is 0 Å². The normalized spacial score (nSPS) is 12.7. The number of nitrogen functional groups attached to an aromatic ring is 1. The molecular weight excluding hydrogens is 317 g/mol. The number of hydrogen-bond acceptors (Lipinski definition) is 5. The molecule has 0 bridgehead atoms. The van der Waals surface area contributed by atoms with Crippen LogP contribution in [-0.4, -0.2) is 22.4 Å². The Morgan fingerprint density at radius 1 is 1.38 bits per heavy atom. The average Bonchev–Trinajstić information content (AvgIpc) is 2.29. The molecule has 3 N–H and O–H groups in total. The van der Waals surface area contributed by atoms with E-state index in [9.17, 15) is 9.59 Å². The van der Waals surface area contributed by atoms with Crippen molar-refractivity contribution in [1.82, 2.24) is 10.3 Å². The molecule has 116 valence electrons. The standard InChI is InChI=1S/C13H17Cl2N3O3/c1-6(19)21-10(12(20)18-13(2,3)4)8-5-7(14)9(16)11(15)17-8/h5,10H,16H2,1-4H3,(H,18,20). The molecule has 0 aliphatic heterocycles. The summed E-state index contributed by atoms with van der Waals surface area (Å²) in [5.41, 5.74) is 5.30. The lowest BCUT2D eigenvalue weighted by atomic mass is 10.1. The van der Waals surface area contributed by atoms with Gasteiger partial charge in [-0.15, -0.1) is 0 Å². The zero-order valence-corrected chi connectivity index (χ0v) is 13.7. The van der Waals surface area contributed by atoms with Gasteiger partial charge < -0.3 is 15.8 Å². The number of nitrogens with one attached hydrogen (secondary N) is 1. The highest BCUT2D eigenvalue weighted by atomic mass is 35.5. The van der Waals surface area contributed by atoms with Gasteiger partial charge in [0.05, 0.1) is 16.4 Å². The summed E-state index contributed by atoms with van der Waals surface area (Å²) in [6, 6.07) is 1.35. The second-order valence-corrected chi connectivity index (χ2v) is 6.23.